The second kappa shape index (κ2) is 6.52. The molecule has 25 heavy (non-hydrogen) atoms. The Balaban J connectivity index is 0.00000157. The predicted octanol–water partition coefficient (Wildman–Crippen LogP) is 3.04. The number of fused-ring (bicyclic) bond motifs is 1. The molecular weight excluding hydrogens is 358 g/mol. The predicted molar refractivity (Wildman–Crippen MR) is 98.8 cm³/mol. The molecule has 3 heterocycles. The fraction of sp³-hybridized carbons (Fsp3) is 0.706. The van der Waals surface area contributed by atoms with Crippen molar-refractivity contribution in [3.05, 3.63) is 22.8 Å². The van der Waals surface area contributed by atoms with Crippen LogP contribution in [0.25, 0.3) is 0 Å². The van der Waals surface area contributed by atoms with Crippen molar-refractivity contribution in [3.63, 3.8) is 0 Å². The van der Waals surface area contributed by atoms with Gasteiger partial charge >= 0.3 is 0 Å². The molecule has 2 aromatic rings. The van der Waals surface area contributed by atoms with Crippen LogP contribution in [0.2, 0.25) is 0 Å². The molecule has 2 N–H and O–H groups in total. The first-order chi connectivity index (χ1) is 11.7. The molecule has 136 valence electrons. The van der Waals surface area contributed by atoms with Gasteiger partial charge in [0, 0.05) is 37.1 Å². The van der Waals surface area contributed by atoms with Gasteiger partial charge in [0.15, 0.2) is 11.0 Å². The number of thiazole rings is 1. The molecule has 0 unspecified atom stereocenters. The number of rotatable bonds is 5. The maximum absolute atomic E-state index is 5.77. The molecule has 6 nitrogen and oxygen atoms in total. The van der Waals surface area contributed by atoms with E-state index in [4.69, 9.17) is 15.2 Å². The van der Waals surface area contributed by atoms with Crippen molar-refractivity contribution in [1.29, 1.82) is 0 Å². The minimum atomic E-state index is 0. The highest BCUT2D eigenvalue weighted by Gasteiger charge is 2.54. The molecule has 1 saturated heterocycles. The molecule has 2 aliphatic carbocycles. The quantitative estimate of drug-likeness (QED) is 0.857. The molecule has 2 saturated carbocycles. The van der Waals surface area contributed by atoms with E-state index in [1.165, 1.54) is 37.0 Å². The molecule has 1 aliphatic heterocycles. The summed E-state index contributed by atoms with van der Waals surface area (Å²) in [6.07, 6.45) is 9.25. The van der Waals surface area contributed by atoms with Crippen molar-refractivity contribution < 1.29 is 4.52 Å². The summed E-state index contributed by atoms with van der Waals surface area (Å²) in [5.74, 6) is 3.24. The minimum absolute atomic E-state index is 0. The van der Waals surface area contributed by atoms with E-state index in [2.05, 4.69) is 15.0 Å². The number of aromatic nitrogens is 3. The third kappa shape index (κ3) is 3.17. The molecule has 0 aromatic carbocycles. The smallest absolute Gasteiger partial charge is 0.234 e. The van der Waals surface area contributed by atoms with Crippen LogP contribution in [0.1, 0.15) is 48.7 Å². The van der Waals surface area contributed by atoms with E-state index >= 15 is 0 Å². The van der Waals surface area contributed by atoms with Crippen LogP contribution in [-0.4, -0.2) is 33.1 Å². The summed E-state index contributed by atoms with van der Waals surface area (Å²) in [6.45, 7) is 3.05. The van der Waals surface area contributed by atoms with Crippen molar-refractivity contribution >= 4 is 28.9 Å². The van der Waals surface area contributed by atoms with Crippen LogP contribution in [0, 0.1) is 11.8 Å². The van der Waals surface area contributed by atoms with Crippen molar-refractivity contribution in [2.75, 3.05) is 18.8 Å². The van der Waals surface area contributed by atoms with Crippen molar-refractivity contribution in [2.24, 2.45) is 11.8 Å². The Bertz CT molecular complexity index is 745. The Morgan fingerprint density at radius 1 is 1.36 bits per heavy atom. The lowest BCUT2D eigenvalue weighted by Crippen LogP contribution is -2.32. The Morgan fingerprint density at radius 3 is 3.00 bits per heavy atom. The lowest BCUT2D eigenvalue weighted by atomic mass is 9.80. The summed E-state index contributed by atoms with van der Waals surface area (Å²) >= 11 is 1.59. The molecule has 8 heteroatoms. The summed E-state index contributed by atoms with van der Waals surface area (Å²) in [4.78, 5) is 12.7. The van der Waals surface area contributed by atoms with Crippen LogP contribution in [0.4, 0.5) is 5.13 Å². The van der Waals surface area contributed by atoms with Crippen LogP contribution < -0.4 is 5.73 Å². The van der Waals surface area contributed by atoms with Gasteiger partial charge in [-0.1, -0.05) is 11.6 Å². The standard InChI is InChI=1S/C17H23N5OS.ClH/c18-16-19-7-13(24-16)9-22-8-12-2-1-5-17(12,10-22)15-20-14(21-23-15)6-11-3-4-11;/h7,11-12H,1-6,8-10H2,(H2,18,19);1H/t12-,17-;/m1./s1. The van der Waals surface area contributed by atoms with E-state index in [1.807, 2.05) is 6.20 Å². The van der Waals surface area contributed by atoms with Gasteiger partial charge in [-0.05, 0) is 37.5 Å². The molecular formula is C17H24ClN5OS. The monoisotopic (exact) mass is 381 g/mol. The summed E-state index contributed by atoms with van der Waals surface area (Å²) in [7, 11) is 0. The van der Waals surface area contributed by atoms with Gasteiger partial charge in [0.25, 0.3) is 0 Å². The summed E-state index contributed by atoms with van der Waals surface area (Å²) in [5.41, 5.74) is 5.84. The SMILES string of the molecule is Cl.Nc1ncc(CN2C[C@H]3CCC[C@@]3(c3nc(CC4CC4)no3)C2)s1. The first-order valence-electron chi connectivity index (χ1n) is 8.97. The fourth-order valence-electron chi connectivity index (χ4n) is 4.60. The van der Waals surface area contributed by atoms with Gasteiger partial charge < -0.3 is 10.3 Å². The van der Waals surface area contributed by atoms with E-state index in [1.54, 1.807) is 11.3 Å². The Hall–Kier alpha value is -1.18. The fourth-order valence-corrected chi connectivity index (χ4v) is 5.33. The van der Waals surface area contributed by atoms with Crippen LogP contribution in [0.5, 0.6) is 0 Å². The number of anilines is 1. The zero-order valence-corrected chi connectivity index (χ0v) is 15.8. The maximum Gasteiger partial charge on any atom is 0.234 e. The van der Waals surface area contributed by atoms with Gasteiger partial charge in [-0.25, -0.2) is 4.98 Å². The van der Waals surface area contributed by atoms with Crippen molar-refractivity contribution in [3.8, 4) is 0 Å². The lowest BCUT2D eigenvalue weighted by Gasteiger charge is -2.24. The molecule has 0 amide bonds. The van der Waals surface area contributed by atoms with Crippen molar-refractivity contribution in [2.45, 2.75) is 50.5 Å². The average Bonchev–Trinajstić information content (AvgIpc) is 2.93. The van der Waals surface area contributed by atoms with E-state index < -0.39 is 0 Å². The zero-order chi connectivity index (χ0) is 16.1. The minimum Gasteiger partial charge on any atom is -0.375 e. The van der Waals surface area contributed by atoms with Crippen LogP contribution >= 0.6 is 23.7 Å². The molecule has 5 rings (SSSR count). The van der Waals surface area contributed by atoms with E-state index in [0.29, 0.717) is 11.0 Å². The van der Waals surface area contributed by atoms with Gasteiger partial charge in [0.05, 0.1) is 5.41 Å². The number of hydrogen-bond acceptors (Lipinski definition) is 7. The number of nitrogens with two attached hydrogens (primary N) is 1. The van der Waals surface area contributed by atoms with Gasteiger partial charge in [-0.15, -0.1) is 23.7 Å². The highest BCUT2D eigenvalue weighted by Crippen LogP contribution is 2.50. The third-order valence-electron chi connectivity index (χ3n) is 5.95. The second-order valence-corrected chi connectivity index (χ2v) is 8.89. The Labute approximate surface area is 157 Å². The van der Waals surface area contributed by atoms with Crippen molar-refractivity contribution in [1.82, 2.24) is 20.0 Å². The molecule has 0 spiro atoms. The van der Waals surface area contributed by atoms with Gasteiger partial charge in [-0.2, -0.15) is 4.98 Å². The largest absolute Gasteiger partial charge is 0.375 e. The first kappa shape index (κ1) is 17.2. The number of hydrogen-bond donors (Lipinski definition) is 1. The lowest BCUT2D eigenvalue weighted by molar-refractivity contribution is 0.245. The van der Waals surface area contributed by atoms with Gasteiger partial charge in [0.2, 0.25) is 5.89 Å². The maximum atomic E-state index is 5.77. The average molecular weight is 382 g/mol. The highest BCUT2D eigenvalue weighted by molar-refractivity contribution is 7.15. The topological polar surface area (TPSA) is 81.1 Å². The third-order valence-corrected chi connectivity index (χ3v) is 6.77. The number of likely N-dealkylation sites (tertiary alicyclic amines) is 1. The molecule has 2 atom stereocenters. The molecule has 3 fully saturated rings. The van der Waals surface area contributed by atoms with Crippen LogP contribution in [0.3, 0.4) is 0 Å². The number of halogens is 1. The normalized spacial score (nSPS) is 28.9. The van der Waals surface area contributed by atoms with E-state index in [0.717, 1.165) is 43.7 Å². The van der Waals surface area contributed by atoms with Gasteiger partial charge in [-0.3, -0.25) is 4.90 Å². The molecule has 0 bridgehead atoms. The second-order valence-electron chi connectivity index (χ2n) is 7.74. The molecule has 0 radical (unpaired) electrons. The van der Waals surface area contributed by atoms with Gasteiger partial charge in [0.1, 0.15) is 0 Å². The van der Waals surface area contributed by atoms with E-state index in [9.17, 15) is 0 Å². The number of nitrogen functional groups attached to an aromatic ring is 1. The first-order valence-corrected chi connectivity index (χ1v) is 9.78. The summed E-state index contributed by atoms with van der Waals surface area (Å²) < 4.78 is 5.77. The summed E-state index contributed by atoms with van der Waals surface area (Å²) in [6, 6.07) is 0. The Kier molecular flexibility index (Phi) is 4.50. The molecule has 3 aliphatic rings. The van der Waals surface area contributed by atoms with E-state index in [-0.39, 0.29) is 17.8 Å². The molecule has 2 aromatic heterocycles. The Morgan fingerprint density at radius 2 is 2.24 bits per heavy atom. The number of nitrogens with zero attached hydrogens (tertiary/aromatic N) is 4. The zero-order valence-electron chi connectivity index (χ0n) is 14.2. The summed E-state index contributed by atoms with van der Waals surface area (Å²) in [5, 5.41) is 4.93. The highest BCUT2D eigenvalue weighted by atomic mass is 35.5. The van der Waals surface area contributed by atoms with Crippen LogP contribution in [-0.2, 0) is 18.4 Å². The van der Waals surface area contributed by atoms with Crippen LogP contribution in [0.15, 0.2) is 10.7 Å².